The average Bonchev–Trinajstić information content (AvgIpc) is 2.86. The molecule has 0 spiro atoms. The van der Waals surface area contributed by atoms with Crippen LogP contribution in [0.3, 0.4) is 0 Å². The Bertz CT molecular complexity index is 1160. The molecule has 3 rings (SSSR count). The summed E-state index contributed by atoms with van der Waals surface area (Å²) in [6, 6.07) is 21.2. The van der Waals surface area contributed by atoms with E-state index in [0.717, 1.165) is 25.2 Å². The van der Waals surface area contributed by atoms with E-state index in [9.17, 15) is 14.0 Å². The van der Waals surface area contributed by atoms with Gasteiger partial charge in [-0.25, -0.2) is 4.39 Å². The molecule has 8 heteroatoms. The normalized spacial score (nSPS) is 11.4. The van der Waals surface area contributed by atoms with Crippen molar-refractivity contribution in [2.75, 3.05) is 18.4 Å². The zero-order valence-corrected chi connectivity index (χ0v) is 22.4. The Morgan fingerprint density at radius 2 is 1.51 bits per heavy atom. The summed E-state index contributed by atoms with van der Waals surface area (Å²) in [5.41, 5.74) is 4.05. The molecule has 184 valence electrons. The molecule has 2 N–H and O–H groups in total. The molecule has 2 amide bonds. The Morgan fingerprint density at radius 3 is 2.14 bits per heavy atom. The summed E-state index contributed by atoms with van der Waals surface area (Å²) in [7, 11) is 4.20. The number of benzene rings is 3. The summed E-state index contributed by atoms with van der Waals surface area (Å²) < 4.78 is 14.0. The van der Waals surface area contributed by atoms with Gasteiger partial charge in [0.05, 0.1) is 0 Å². The highest BCUT2D eigenvalue weighted by Crippen LogP contribution is 2.39. The molecule has 0 aromatic heterocycles. The van der Waals surface area contributed by atoms with Crippen LogP contribution in [0.15, 0.2) is 72.8 Å². The molecular formula is C27H32FN3O2P2. The second kappa shape index (κ2) is 12.4. The fourth-order valence-electron chi connectivity index (χ4n) is 3.67. The van der Waals surface area contributed by atoms with Crippen molar-refractivity contribution in [2.45, 2.75) is 32.1 Å². The van der Waals surface area contributed by atoms with Crippen molar-refractivity contribution < 1.29 is 14.0 Å². The summed E-state index contributed by atoms with van der Waals surface area (Å²) >= 11 is 0. The Morgan fingerprint density at radius 1 is 0.857 bits per heavy atom. The topological polar surface area (TPSA) is 61.4 Å². The van der Waals surface area contributed by atoms with E-state index in [1.165, 1.54) is 5.56 Å². The van der Waals surface area contributed by atoms with Crippen LogP contribution in [0.25, 0.3) is 0 Å². The van der Waals surface area contributed by atoms with Crippen molar-refractivity contribution >= 4 is 36.0 Å². The van der Waals surface area contributed by atoms with Gasteiger partial charge in [0.2, 0.25) is 0 Å². The Hall–Kier alpha value is -2.65. The molecule has 3 aromatic carbocycles. The van der Waals surface area contributed by atoms with E-state index in [1.807, 2.05) is 18.2 Å². The SMILES string of the molecule is CCN(CC)Cc1ccccc1CNC(=O)c1cccc(NC(=O)c2ccc(C(F)(P)P)cc2)c1. The lowest BCUT2D eigenvalue weighted by Crippen LogP contribution is -2.26. The van der Waals surface area contributed by atoms with Gasteiger partial charge in [0.1, 0.15) is 0 Å². The van der Waals surface area contributed by atoms with Gasteiger partial charge in [0.15, 0.2) is 5.15 Å². The lowest BCUT2D eigenvalue weighted by molar-refractivity contribution is 0.0949. The molecule has 0 fully saturated rings. The molecule has 0 radical (unpaired) electrons. The fraction of sp³-hybridized carbons (Fsp3) is 0.259. The molecule has 0 bridgehead atoms. The molecule has 0 saturated heterocycles. The van der Waals surface area contributed by atoms with E-state index >= 15 is 0 Å². The molecule has 2 unspecified atom stereocenters. The maximum absolute atomic E-state index is 14.0. The van der Waals surface area contributed by atoms with Crippen LogP contribution < -0.4 is 10.6 Å². The standard InChI is InChI=1S/C27H32FN3O2P2/c1-3-31(4-2)18-22-9-6-5-8-21(22)17-29-25(32)20-10-7-11-24(16-20)30-26(33)19-12-14-23(15-13-19)27(28,34)35/h5-16H,3-4,17-18,34-35H2,1-2H3,(H,29,32)(H,30,33). The van der Waals surface area contributed by atoms with Crippen LogP contribution in [-0.4, -0.2) is 29.8 Å². The number of halogens is 1. The van der Waals surface area contributed by atoms with Gasteiger partial charge in [-0.3, -0.25) is 14.5 Å². The first kappa shape index (κ1) is 26.9. The van der Waals surface area contributed by atoms with E-state index in [0.29, 0.717) is 28.9 Å². The molecule has 35 heavy (non-hydrogen) atoms. The van der Waals surface area contributed by atoms with Crippen LogP contribution >= 0.6 is 18.5 Å². The van der Waals surface area contributed by atoms with Crippen molar-refractivity contribution in [1.29, 1.82) is 0 Å². The number of amides is 2. The van der Waals surface area contributed by atoms with E-state index in [2.05, 4.69) is 53.9 Å². The number of rotatable bonds is 10. The zero-order valence-electron chi connectivity index (χ0n) is 20.1. The predicted molar refractivity (Wildman–Crippen MR) is 147 cm³/mol. The first-order valence-corrected chi connectivity index (χ1v) is 12.7. The monoisotopic (exact) mass is 511 g/mol. The van der Waals surface area contributed by atoms with E-state index < -0.39 is 5.15 Å². The highest BCUT2D eigenvalue weighted by Gasteiger charge is 2.19. The predicted octanol–water partition coefficient (Wildman–Crippen LogP) is 5.54. The summed E-state index contributed by atoms with van der Waals surface area (Å²) in [5, 5.41) is 4.15. The fourth-order valence-corrected chi connectivity index (χ4v) is 4.05. The van der Waals surface area contributed by atoms with Crippen molar-refractivity contribution in [1.82, 2.24) is 10.2 Å². The first-order valence-electron chi connectivity index (χ1n) is 11.6. The molecular weight excluding hydrogens is 479 g/mol. The van der Waals surface area contributed by atoms with Crippen molar-refractivity contribution in [3.63, 3.8) is 0 Å². The molecule has 3 aromatic rings. The van der Waals surface area contributed by atoms with Crippen LogP contribution in [0.1, 0.15) is 51.3 Å². The number of nitrogens with one attached hydrogen (secondary N) is 2. The van der Waals surface area contributed by atoms with Crippen LogP contribution in [0.2, 0.25) is 0 Å². The quantitative estimate of drug-likeness (QED) is 0.352. The molecule has 2 atom stereocenters. The molecule has 0 heterocycles. The van der Waals surface area contributed by atoms with Gasteiger partial charge in [0, 0.05) is 29.9 Å². The maximum atomic E-state index is 14.0. The van der Waals surface area contributed by atoms with Gasteiger partial charge in [-0.15, -0.1) is 0 Å². The van der Waals surface area contributed by atoms with Crippen LogP contribution in [0.4, 0.5) is 10.1 Å². The van der Waals surface area contributed by atoms with Crippen LogP contribution in [0, 0.1) is 0 Å². The molecule has 0 saturated carbocycles. The summed E-state index contributed by atoms with van der Waals surface area (Å²) in [6.07, 6.45) is 0. The second-order valence-corrected chi connectivity index (χ2v) is 10.6. The molecule has 5 nitrogen and oxygen atoms in total. The van der Waals surface area contributed by atoms with Crippen LogP contribution in [0.5, 0.6) is 0 Å². The zero-order chi connectivity index (χ0) is 25.4. The van der Waals surface area contributed by atoms with E-state index in [1.54, 1.807) is 48.5 Å². The summed E-state index contributed by atoms with van der Waals surface area (Å²) in [4.78, 5) is 27.8. The maximum Gasteiger partial charge on any atom is 0.255 e. The Balaban J connectivity index is 1.64. The minimum absolute atomic E-state index is 0.219. The Kier molecular flexibility index (Phi) is 9.51. The highest BCUT2D eigenvalue weighted by atomic mass is 31.1. The number of carbonyl (C=O) groups is 2. The average molecular weight is 512 g/mol. The van der Waals surface area contributed by atoms with Gasteiger partial charge in [-0.05, 0) is 60.1 Å². The minimum atomic E-state index is -1.64. The third-order valence-corrected chi connectivity index (χ3v) is 6.48. The third kappa shape index (κ3) is 7.67. The van der Waals surface area contributed by atoms with Crippen molar-refractivity contribution in [3.05, 3.63) is 101 Å². The number of carbonyl (C=O) groups excluding carboxylic acids is 2. The number of alkyl halides is 1. The van der Waals surface area contributed by atoms with Gasteiger partial charge in [-0.2, -0.15) is 0 Å². The molecule has 0 aliphatic heterocycles. The van der Waals surface area contributed by atoms with Gasteiger partial charge < -0.3 is 10.6 Å². The molecule has 0 aliphatic rings. The number of nitrogens with zero attached hydrogens (tertiary/aromatic N) is 1. The Labute approximate surface area is 211 Å². The first-order chi connectivity index (χ1) is 16.7. The highest BCUT2D eigenvalue weighted by molar-refractivity contribution is 7.38. The van der Waals surface area contributed by atoms with Gasteiger partial charge in [-0.1, -0.05) is 74.8 Å². The smallest absolute Gasteiger partial charge is 0.255 e. The minimum Gasteiger partial charge on any atom is -0.348 e. The van der Waals surface area contributed by atoms with E-state index in [4.69, 9.17) is 0 Å². The molecule has 0 aliphatic carbocycles. The number of hydrogen-bond acceptors (Lipinski definition) is 3. The van der Waals surface area contributed by atoms with Gasteiger partial charge in [0.25, 0.3) is 11.8 Å². The van der Waals surface area contributed by atoms with Gasteiger partial charge >= 0.3 is 0 Å². The number of hydrogen-bond donors (Lipinski definition) is 2. The van der Waals surface area contributed by atoms with Crippen molar-refractivity contribution in [3.8, 4) is 0 Å². The van der Waals surface area contributed by atoms with Crippen LogP contribution in [-0.2, 0) is 18.2 Å². The lowest BCUT2D eigenvalue weighted by atomic mass is 10.1. The number of anilines is 1. The lowest BCUT2D eigenvalue weighted by Gasteiger charge is -2.20. The summed E-state index contributed by atoms with van der Waals surface area (Å²) in [6.45, 7) is 7.45. The largest absolute Gasteiger partial charge is 0.348 e. The second-order valence-electron chi connectivity index (χ2n) is 8.29. The van der Waals surface area contributed by atoms with Crippen molar-refractivity contribution in [2.24, 2.45) is 0 Å². The van der Waals surface area contributed by atoms with E-state index in [-0.39, 0.29) is 11.8 Å². The third-order valence-electron chi connectivity index (χ3n) is 5.82. The summed E-state index contributed by atoms with van der Waals surface area (Å²) in [5.74, 6) is -0.556.